The Morgan fingerprint density at radius 3 is 2.50 bits per heavy atom. The predicted octanol–water partition coefficient (Wildman–Crippen LogP) is 2.85. The minimum atomic E-state index is -1.84. The van der Waals surface area contributed by atoms with E-state index in [-0.39, 0.29) is 6.54 Å². The van der Waals surface area contributed by atoms with Crippen LogP contribution in [0.3, 0.4) is 0 Å². The highest BCUT2D eigenvalue weighted by Crippen LogP contribution is 2.33. The number of halogens is 2. The van der Waals surface area contributed by atoms with Crippen molar-refractivity contribution in [3.8, 4) is 10.8 Å². The van der Waals surface area contributed by atoms with E-state index in [1.807, 2.05) is 0 Å². The molecule has 0 radical (unpaired) electrons. The number of urea groups is 1. The van der Waals surface area contributed by atoms with Crippen molar-refractivity contribution in [1.29, 1.82) is 0 Å². The minimum absolute atomic E-state index is 0.139. The second-order valence-electron chi connectivity index (χ2n) is 6.26. The second-order valence-corrected chi connectivity index (χ2v) is 7.12. The van der Waals surface area contributed by atoms with Gasteiger partial charge in [-0.05, 0) is 25.1 Å². The molecule has 1 saturated heterocycles. The number of carbonyl (C=O) groups is 2. The highest BCUT2D eigenvalue weighted by atomic mass is 32.1. The topological polar surface area (TPSA) is 88.1 Å². The van der Waals surface area contributed by atoms with Gasteiger partial charge in [-0.15, -0.1) is 11.3 Å². The summed E-state index contributed by atoms with van der Waals surface area (Å²) >= 11 is 1.26. The summed E-state index contributed by atoms with van der Waals surface area (Å²) in [6.07, 6.45) is 3.16. The summed E-state index contributed by atoms with van der Waals surface area (Å²) in [5.41, 5.74) is -1.89. The average molecular weight is 401 g/mol. The number of aromatic nitrogens is 3. The van der Waals surface area contributed by atoms with Crippen LogP contribution in [0.5, 0.6) is 0 Å². The van der Waals surface area contributed by atoms with Crippen molar-refractivity contribution in [2.45, 2.75) is 19.0 Å². The van der Waals surface area contributed by atoms with Crippen molar-refractivity contribution in [2.75, 3.05) is 0 Å². The van der Waals surface area contributed by atoms with E-state index in [9.17, 15) is 18.4 Å². The number of imide groups is 1. The fourth-order valence-electron chi connectivity index (χ4n) is 3.04. The van der Waals surface area contributed by atoms with Gasteiger partial charge in [-0.1, -0.05) is 6.07 Å². The monoisotopic (exact) mass is 401 g/mol. The molecule has 3 heterocycles. The van der Waals surface area contributed by atoms with Gasteiger partial charge >= 0.3 is 6.03 Å². The summed E-state index contributed by atoms with van der Waals surface area (Å²) in [5, 5.41) is 4.60. The molecule has 1 unspecified atom stereocenters. The second kappa shape index (κ2) is 6.71. The molecule has 7 nitrogen and oxygen atoms in total. The van der Waals surface area contributed by atoms with E-state index in [1.165, 1.54) is 24.3 Å². The summed E-state index contributed by atoms with van der Waals surface area (Å²) < 4.78 is 28.4. The predicted molar refractivity (Wildman–Crippen MR) is 95.9 cm³/mol. The van der Waals surface area contributed by atoms with Crippen molar-refractivity contribution >= 4 is 23.3 Å². The molecule has 2 aromatic heterocycles. The number of nitrogens with zero attached hydrogens (tertiary/aromatic N) is 4. The van der Waals surface area contributed by atoms with Gasteiger partial charge in [0.05, 0.1) is 17.8 Å². The maximum Gasteiger partial charge on any atom is 0.325 e. The van der Waals surface area contributed by atoms with Crippen LogP contribution in [-0.2, 0) is 16.9 Å². The fourth-order valence-corrected chi connectivity index (χ4v) is 3.79. The summed E-state index contributed by atoms with van der Waals surface area (Å²) in [6.45, 7) is 1.14. The Balaban J connectivity index is 1.61. The molecule has 10 heteroatoms. The zero-order valence-corrected chi connectivity index (χ0v) is 15.3. The lowest BCUT2D eigenvalue weighted by Crippen LogP contribution is -2.42. The quantitative estimate of drug-likeness (QED) is 0.680. The first kappa shape index (κ1) is 18.1. The number of thiazole rings is 1. The summed E-state index contributed by atoms with van der Waals surface area (Å²) in [4.78, 5) is 38.7. The Labute approximate surface area is 162 Å². The molecule has 1 fully saturated rings. The lowest BCUT2D eigenvalue weighted by molar-refractivity contribution is -0.131. The molecule has 1 aliphatic heterocycles. The number of carbonyl (C=O) groups excluding carboxylic acids is 2. The third-order valence-electron chi connectivity index (χ3n) is 4.37. The minimum Gasteiger partial charge on any atom is -0.319 e. The Kier molecular flexibility index (Phi) is 4.34. The van der Waals surface area contributed by atoms with Gasteiger partial charge in [0.2, 0.25) is 0 Å². The Bertz CT molecular complexity index is 1050. The van der Waals surface area contributed by atoms with Crippen LogP contribution in [0, 0.1) is 11.6 Å². The Hall–Kier alpha value is -3.27. The molecule has 3 amide bonds. The molecule has 1 atom stereocenters. The molecule has 0 bridgehead atoms. The van der Waals surface area contributed by atoms with Gasteiger partial charge in [-0.3, -0.25) is 9.69 Å². The fraction of sp³-hybridized carbons (Fsp3) is 0.167. The van der Waals surface area contributed by atoms with Gasteiger partial charge in [0.15, 0.2) is 10.8 Å². The maximum atomic E-state index is 14.2. The van der Waals surface area contributed by atoms with Crippen LogP contribution in [0.4, 0.5) is 13.6 Å². The first-order valence-corrected chi connectivity index (χ1v) is 9.08. The van der Waals surface area contributed by atoms with Crippen molar-refractivity contribution in [3.63, 3.8) is 0 Å². The van der Waals surface area contributed by atoms with Crippen molar-refractivity contribution in [2.24, 2.45) is 0 Å². The van der Waals surface area contributed by atoms with Gasteiger partial charge in [-0.25, -0.2) is 28.5 Å². The van der Waals surface area contributed by atoms with Gasteiger partial charge < -0.3 is 5.32 Å². The molecular weight excluding hydrogens is 388 g/mol. The molecule has 3 aromatic rings. The third kappa shape index (κ3) is 2.91. The van der Waals surface area contributed by atoms with Crippen LogP contribution in [0.2, 0.25) is 0 Å². The molecular formula is C18H13F2N5O2S. The number of amides is 3. The molecule has 0 saturated carbocycles. The SMILES string of the molecule is CC1(c2c(F)cccc2F)NC(=O)N(Cc2csc(-c3ncccn3)n2)C1=O. The highest BCUT2D eigenvalue weighted by Gasteiger charge is 2.51. The lowest BCUT2D eigenvalue weighted by Gasteiger charge is -2.23. The summed E-state index contributed by atoms with van der Waals surface area (Å²) in [5.74, 6) is -2.15. The van der Waals surface area contributed by atoms with Crippen molar-refractivity contribution in [1.82, 2.24) is 25.2 Å². The lowest BCUT2D eigenvalue weighted by atomic mass is 9.91. The van der Waals surface area contributed by atoms with Gasteiger partial charge in [0.1, 0.15) is 17.2 Å². The summed E-state index contributed by atoms with van der Waals surface area (Å²) in [7, 11) is 0. The summed E-state index contributed by atoms with van der Waals surface area (Å²) in [6, 6.07) is 4.20. The maximum absolute atomic E-state index is 14.2. The number of hydrogen-bond acceptors (Lipinski definition) is 6. The number of benzene rings is 1. The normalized spacial score (nSPS) is 19.2. The van der Waals surface area contributed by atoms with Crippen LogP contribution in [-0.4, -0.2) is 31.8 Å². The smallest absolute Gasteiger partial charge is 0.319 e. The molecule has 28 heavy (non-hydrogen) atoms. The molecule has 1 N–H and O–H groups in total. The first-order chi connectivity index (χ1) is 13.4. The molecule has 0 aliphatic carbocycles. The third-order valence-corrected chi connectivity index (χ3v) is 5.25. The standard InChI is InChI=1S/C18H13F2N5O2S/c1-18(13-11(19)4-2-5-12(13)20)16(26)25(17(27)24-18)8-10-9-28-15(23-10)14-21-6-3-7-22-14/h2-7,9H,8H2,1H3,(H,24,27). The van der Waals surface area contributed by atoms with E-state index < -0.39 is 34.7 Å². The highest BCUT2D eigenvalue weighted by molar-refractivity contribution is 7.13. The first-order valence-electron chi connectivity index (χ1n) is 8.20. The van der Waals surface area contributed by atoms with Crippen LogP contribution in [0.25, 0.3) is 10.8 Å². The van der Waals surface area contributed by atoms with E-state index in [0.29, 0.717) is 16.5 Å². The van der Waals surface area contributed by atoms with E-state index in [0.717, 1.165) is 17.0 Å². The van der Waals surface area contributed by atoms with Crippen LogP contribution in [0.1, 0.15) is 18.2 Å². The molecule has 0 spiro atoms. The zero-order chi connectivity index (χ0) is 19.9. The van der Waals surface area contributed by atoms with E-state index in [1.54, 1.807) is 23.8 Å². The Morgan fingerprint density at radius 2 is 1.82 bits per heavy atom. The average Bonchev–Trinajstić information content (AvgIpc) is 3.22. The molecule has 4 rings (SSSR count). The number of nitrogens with one attached hydrogen (secondary N) is 1. The molecule has 1 aliphatic rings. The van der Waals surface area contributed by atoms with Crippen molar-refractivity contribution in [3.05, 3.63) is 64.9 Å². The molecule has 142 valence electrons. The van der Waals surface area contributed by atoms with Crippen LogP contribution < -0.4 is 5.32 Å². The van der Waals surface area contributed by atoms with Gasteiger partial charge in [0.25, 0.3) is 5.91 Å². The van der Waals surface area contributed by atoms with Crippen molar-refractivity contribution < 1.29 is 18.4 Å². The van der Waals surface area contributed by atoms with Gasteiger partial charge in [0, 0.05) is 17.8 Å². The van der Waals surface area contributed by atoms with Gasteiger partial charge in [-0.2, -0.15) is 0 Å². The van der Waals surface area contributed by atoms with E-state index in [2.05, 4.69) is 20.3 Å². The number of hydrogen-bond donors (Lipinski definition) is 1. The molecule has 1 aromatic carbocycles. The number of rotatable bonds is 4. The van der Waals surface area contributed by atoms with Crippen LogP contribution >= 0.6 is 11.3 Å². The van der Waals surface area contributed by atoms with E-state index >= 15 is 0 Å². The largest absolute Gasteiger partial charge is 0.325 e. The van der Waals surface area contributed by atoms with E-state index in [4.69, 9.17) is 0 Å². The Morgan fingerprint density at radius 1 is 1.14 bits per heavy atom. The zero-order valence-electron chi connectivity index (χ0n) is 14.5. The van der Waals surface area contributed by atoms with Crippen LogP contribution in [0.15, 0.2) is 42.0 Å².